The van der Waals surface area contributed by atoms with Crippen LogP contribution in [0.2, 0.25) is 0 Å². The standard InChI is InChI=1S/C22H23N5OS2/c1-3-27-18(25-26-21(27)29)14-23-20(28)22(2,15-9-5-4-6-10-15)13-19-24-16-11-7-8-12-17(16)30-19/h4-12H,3,13-14H2,1-2H3,(H,23,28)(H,26,29). The Kier molecular flexibility index (Phi) is 5.78. The van der Waals surface area contributed by atoms with E-state index in [2.05, 4.69) is 21.6 Å². The molecule has 154 valence electrons. The number of hydrogen-bond acceptors (Lipinski definition) is 5. The maximum atomic E-state index is 13.5. The molecule has 2 N–H and O–H groups in total. The number of aromatic nitrogens is 4. The Morgan fingerprint density at radius 1 is 1.20 bits per heavy atom. The molecular formula is C22H23N5OS2. The largest absolute Gasteiger partial charge is 0.348 e. The molecule has 1 amide bonds. The summed E-state index contributed by atoms with van der Waals surface area (Å²) in [6.07, 6.45) is 0.517. The molecule has 4 rings (SSSR count). The van der Waals surface area contributed by atoms with Gasteiger partial charge in [-0.1, -0.05) is 42.5 Å². The molecule has 0 fully saturated rings. The van der Waals surface area contributed by atoms with E-state index in [0.29, 0.717) is 30.1 Å². The first kappa shape index (κ1) is 20.4. The van der Waals surface area contributed by atoms with Gasteiger partial charge in [0.2, 0.25) is 5.91 Å². The normalized spacial score (nSPS) is 13.3. The molecule has 0 radical (unpaired) electrons. The van der Waals surface area contributed by atoms with E-state index in [-0.39, 0.29) is 5.91 Å². The summed E-state index contributed by atoms with van der Waals surface area (Å²) in [7, 11) is 0. The number of carbonyl (C=O) groups is 1. The SMILES string of the molecule is CCn1c(CNC(=O)C(C)(Cc2nc3ccccc3s2)c2ccccc2)n[nH]c1=S. The summed E-state index contributed by atoms with van der Waals surface area (Å²) in [5.74, 6) is 0.649. The van der Waals surface area contributed by atoms with E-state index in [1.165, 1.54) is 0 Å². The average Bonchev–Trinajstić information content (AvgIpc) is 3.34. The van der Waals surface area contributed by atoms with Gasteiger partial charge in [-0.2, -0.15) is 5.10 Å². The summed E-state index contributed by atoms with van der Waals surface area (Å²) in [6, 6.07) is 17.9. The molecule has 0 saturated carbocycles. The number of carbonyl (C=O) groups excluding carboxylic acids is 1. The third-order valence-electron chi connectivity index (χ3n) is 5.32. The molecule has 4 aromatic rings. The highest BCUT2D eigenvalue weighted by atomic mass is 32.1. The van der Waals surface area contributed by atoms with Crippen molar-refractivity contribution in [3.63, 3.8) is 0 Å². The first-order chi connectivity index (χ1) is 14.5. The van der Waals surface area contributed by atoms with E-state index in [1.54, 1.807) is 11.3 Å². The molecule has 0 aliphatic heterocycles. The van der Waals surface area contributed by atoms with Crippen LogP contribution in [0.15, 0.2) is 54.6 Å². The van der Waals surface area contributed by atoms with Crippen LogP contribution < -0.4 is 5.32 Å². The number of benzene rings is 2. The lowest BCUT2D eigenvalue weighted by molar-refractivity contribution is -0.126. The number of amides is 1. The minimum Gasteiger partial charge on any atom is -0.348 e. The van der Waals surface area contributed by atoms with Gasteiger partial charge in [0.1, 0.15) is 0 Å². The number of nitrogens with one attached hydrogen (secondary N) is 2. The van der Waals surface area contributed by atoms with Gasteiger partial charge in [0, 0.05) is 13.0 Å². The lowest BCUT2D eigenvalue weighted by atomic mass is 9.78. The molecule has 1 unspecified atom stereocenters. The fraction of sp³-hybridized carbons (Fsp3) is 0.273. The van der Waals surface area contributed by atoms with Crippen LogP contribution in [0.1, 0.15) is 30.2 Å². The molecule has 0 aliphatic rings. The van der Waals surface area contributed by atoms with Crippen LogP contribution in [-0.4, -0.2) is 25.7 Å². The van der Waals surface area contributed by atoms with Crippen LogP contribution in [0.3, 0.4) is 0 Å². The first-order valence-corrected chi connectivity index (χ1v) is 11.1. The molecule has 2 heterocycles. The van der Waals surface area contributed by atoms with Crippen LogP contribution >= 0.6 is 23.6 Å². The van der Waals surface area contributed by atoms with Crippen molar-refractivity contribution in [2.45, 2.75) is 38.8 Å². The Bertz CT molecular complexity index is 1190. The van der Waals surface area contributed by atoms with E-state index < -0.39 is 5.41 Å². The van der Waals surface area contributed by atoms with Crippen molar-refractivity contribution in [1.29, 1.82) is 0 Å². The lowest BCUT2D eigenvalue weighted by Gasteiger charge is -2.28. The fourth-order valence-corrected chi connectivity index (χ4v) is 4.99. The van der Waals surface area contributed by atoms with Crippen LogP contribution in [0.5, 0.6) is 0 Å². The maximum Gasteiger partial charge on any atom is 0.231 e. The number of thiazole rings is 1. The predicted molar refractivity (Wildman–Crippen MR) is 122 cm³/mol. The second-order valence-electron chi connectivity index (χ2n) is 7.32. The van der Waals surface area contributed by atoms with Gasteiger partial charge in [-0.3, -0.25) is 9.89 Å². The molecule has 1 atom stereocenters. The van der Waals surface area contributed by atoms with Crippen molar-refractivity contribution in [3.05, 3.63) is 75.8 Å². The molecular weight excluding hydrogens is 414 g/mol. The Labute approximate surface area is 184 Å². The number of fused-ring (bicyclic) bond motifs is 1. The number of nitrogens with zero attached hydrogens (tertiary/aromatic N) is 3. The van der Waals surface area contributed by atoms with Gasteiger partial charge in [0.15, 0.2) is 10.6 Å². The topological polar surface area (TPSA) is 75.6 Å². The number of H-pyrrole nitrogens is 1. The van der Waals surface area contributed by atoms with Crippen molar-refractivity contribution in [2.75, 3.05) is 0 Å². The second-order valence-corrected chi connectivity index (χ2v) is 8.82. The van der Waals surface area contributed by atoms with Crippen LogP contribution in [0, 0.1) is 4.77 Å². The fourth-order valence-electron chi connectivity index (χ4n) is 3.58. The Morgan fingerprint density at radius 2 is 1.93 bits per heavy atom. The molecule has 30 heavy (non-hydrogen) atoms. The van der Waals surface area contributed by atoms with Gasteiger partial charge in [0.05, 0.1) is 27.2 Å². The summed E-state index contributed by atoms with van der Waals surface area (Å²) in [4.78, 5) is 18.2. The Balaban J connectivity index is 1.63. The van der Waals surface area contributed by atoms with Crippen molar-refractivity contribution in [2.24, 2.45) is 0 Å². The first-order valence-electron chi connectivity index (χ1n) is 9.83. The predicted octanol–water partition coefficient (Wildman–Crippen LogP) is 4.39. The van der Waals surface area contributed by atoms with Crippen molar-refractivity contribution >= 4 is 39.7 Å². The van der Waals surface area contributed by atoms with E-state index in [9.17, 15) is 4.79 Å². The van der Waals surface area contributed by atoms with E-state index in [0.717, 1.165) is 20.8 Å². The molecule has 0 saturated heterocycles. The molecule has 0 bridgehead atoms. The summed E-state index contributed by atoms with van der Waals surface area (Å²) in [5, 5.41) is 11.0. The number of hydrogen-bond donors (Lipinski definition) is 2. The summed E-state index contributed by atoms with van der Waals surface area (Å²) in [5.41, 5.74) is 1.15. The summed E-state index contributed by atoms with van der Waals surface area (Å²) >= 11 is 6.88. The smallest absolute Gasteiger partial charge is 0.231 e. The summed E-state index contributed by atoms with van der Waals surface area (Å²) in [6.45, 7) is 4.97. The molecule has 0 spiro atoms. The molecule has 2 aromatic heterocycles. The van der Waals surface area contributed by atoms with Crippen LogP contribution in [0.25, 0.3) is 10.2 Å². The molecule has 6 nitrogen and oxygen atoms in total. The molecule has 0 aliphatic carbocycles. The Morgan fingerprint density at radius 3 is 2.67 bits per heavy atom. The quantitative estimate of drug-likeness (QED) is 0.421. The van der Waals surface area contributed by atoms with Gasteiger partial charge in [-0.25, -0.2) is 4.98 Å². The van der Waals surface area contributed by atoms with Crippen molar-refractivity contribution in [3.8, 4) is 0 Å². The number of para-hydroxylation sites is 1. The molecule has 2 aromatic carbocycles. The highest BCUT2D eigenvalue weighted by Crippen LogP contribution is 2.32. The zero-order chi connectivity index (χ0) is 21.1. The number of aromatic amines is 1. The van der Waals surface area contributed by atoms with Crippen molar-refractivity contribution < 1.29 is 4.79 Å². The minimum absolute atomic E-state index is 0.0653. The van der Waals surface area contributed by atoms with Gasteiger partial charge >= 0.3 is 0 Å². The van der Waals surface area contributed by atoms with Gasteiger partial charge in [-0.15, -0.1) is 11.3 Å². The van der Waals surface area contributed by atoms with Crippen molar-refractivity contribution in [1.82, 2.24) is 25.1 Å². The van der Waals surface area contributed by atoms with Gasteiger partial charge in [-0.05, 0) is 43.8 Å². The molecule has 8 heteroatoms. The van der Waals surface area contributed by atoms with Crippen LogP contribution in [-0.2, 0) is 29.7 Å². The van der Waals surface area contributed by atoms with E-state index >= 15 is 0 Å². The third-order valence-corrected chi connectivity index (χ3v) is 6.66. The monoisotopic (exact) mass is 437 g/mol. The zero-order valence-electron chi connectivity index (χ0n) is 16.9. The maximum absolute atomic E-state index is 13.5. The zero-order valence-corrected chi connectivity index (χ0v) is 18.5. The minimum atomic E-state index is -0.765. The summed E-state index contributed by atoms with van der Waals surface area (Å²) < 4.78 is 3.56. The van der Waals surface area contributed by atoms with E-state index in [4.69, 9.17) is 17.2 Å². The third kappa shape index (κ3) is 3.93. The van der Waals surface area contributed by atoms with E-state index in [1.807, 2.05) is 66.9 Å². The van der Waals surface area contributed by atoms with Gasteiger partial charge in [0.25, 0.3) is 0 Å². The number of rotatable bonds is 7. The highest BCUT2D eigenvalue weighted by Gasteiger charge is 2.36. The lowest BCUT2D eigenvalue weighted by Crippen LogP contribution is -2.44. The Hall–Kier alpha value is -2.84. The average molecular weight is 438 g/mol. The van der Waals surface area contributed by atoms with Crippen LogP contribution in [0.4, 0.5) is 0 Å². The highest BCUT2D eigenvalue weighted by molar-refractivity contribution is 7.71. The van der Waals surface area contributed by atoms with Gasteiger partial charge < -0.3 is 9.88 Å². The second kappa shape index (κ2) is 8.49.